The fourth-order valence-corrected chi connectivity index (χ4v) is 12.6. The summed E-state index contributed by atoms with van der Waals surface area (Å²) in [6.45, 7) is 0.350. The molecule has 0 N–H and O–H groups in total. The van der Waals surface area contributed by atoms with Gasteiger partial charge in [0.1, 0.15) is 0 Å². The van der Waals surface area contributed by atoms with E-state index in [-0.39, 0.29) is 33.1 Å². The number of allylic oxidation sites excluding steroid dienone is 8. The van der Waals surface area contributed by atoms with E-state index < -0.39 is 23.1 Å². The van der Waals surface area contributed by atoms with E-state index in [1.807, 2.05) is 0 Å². The van der Waals surface area contributed by atoms with Gasteiger partial charge in [0.2, 0.25) is 13.6 Å². The number of halogens is 4. The smallest absolute Gasteiger partial charge is 0.454 e. The van der Waals surface area contributed by atoms with Crippen molar-refractivity contribution in [1.29, 1.82) is 0 Å². The second-order valence-corrected chi connectivity index (χ2v) is 19.5. The van der Waals surface area contributed by atoms with Gasteiger partial charge in [-0.15, -0.1) is 0 Å². The Hall–Kier alpha value is -5.25. The maximum atomic E-state index is 9.75. The number of benzene rings is 6. The molecule has 0 unspecified atom stereocenters. The minimum atomic E-state index is -6.00. The average Bonchev–Trinajstić information content (AvgIpc) is 3.99. The van der Waals surface area contributed by atoms with Crippen LogP contribution < -0.4 is 50.8 Å². The molecule has 0 amide bonds. The van der Waals surface area contributed by atoms with Crippen molar-refractivity contribution in [3.8, 4) is 34.1 Å². The molecule has 0 fully saturated rings. The third kappa shape index (κ3) is 14.4. The largest absolute Gasteiger partial charge is 0.673 e. The molecule has 0 aromatic heterocycles. The minimum absolute atomic E-state index is 0. The Morgan fingerprint density at radius 3 is 0.818 bits per heavy atom. The summed E-state index contributed by atoms with van der Waals surface area (Å²) < 4.78 is 63.7. The van der Waals surface area contributed by atoms with Crippen molar-refractivity contribution >= 4 is 54.9 Å². The van der Waals surface area contributed by atoms with E-state index in [1.54, 1.807) is 0 Å². The molecule has 4 nitrogen and oxygen atoms in total. The molecule has 0 saturated carbocycles. The van der Waals surface area contributed by atoms with Gasteiger partial charge in [-0.25, -0.2) is 0 Å². The van der Waals surface area contributed by atoms with E-state index in [2.05, 4.69) is 194 Å². The molecule has 10 rings (SSSR count). The van der Waals surface area contributed by atoms with Crippen molar-refractivity contribution < 1.29 is 55.7 Å². The first-order valence-corrected chi connectivity index (χ1v) is 24.7. The number of fused-ring (bicyclic) bond motifs is 2. The van der Waals surface area contributed by atoms with Crippen molar-refractivity contribution in [2.75, 3.05) is 13.6 Å². The van der Waals surface area contributed by atoms with Crippen molar-refractivity contribution in [2.45, 2.75) is 51.4 Å². The standard InChI is InChI=1S/C38H28O4P2.2C8H12.BF4.Rh/c1-5-13-27(14-6-1)43(28-15-7-2-8-16-28)33-23-21-31-37(41-25-39-31)35(33)36-34(24-22-32-38(36)42-26-40-32)44(29-17-9-3-10-18-29)30-19-11-4-12-20-30;2*1-2-4-6-8-7-5-3-1;2-1(3,4)5;/h1-24H,25-26H2;2*1-2,7-8H,3-6H2;;/q;;;-1;/b;2*2-1-,8-7-;;. The van der Waals surface area contributed by atoms with Gasteiger partial charge in [0.25, 0.3) is 0 Å². The third-order valence-electron chi connectivity index (χ3n) is 10.5. The molecule has 12 heteroatoms. The summed E-state index contributed by atoms with van der Waals surface area (Å²) in [5, 5.41) is 7.40. The zero-order chi connectivity index (χ0) is 45.1. The van der Waals surface area contributed by atoms with Crippen LogP contribution in [0.15, 0.2) is 194 Å². The summed E-state index contributed by atoms with van der Waals surface area (Å²) in [4.78, 5) is 0. The van der Waals surface area contributed by atoms with E-state index in [1.165, 1.54) is 83.2 Å². The maximum absolute atomic E-state index is 9.75. The molecule has 0 saturated heterocycles. The molecule has 66 heavy (non-hydrogen) atoms. The second-order valence-electron chi connectivity index (χ2n) is 15.1. The van der Waals surface area contributed by atoms with Gasteiger partial charge in [0.15, 0.2) is 23.0 Å². The Bertz CT molecular complexity index is 2220. The van der Waals surface area contributed by atoms with Crippen molar-refractivity contribution in [1.82, 2.24) is 0 Å². The van der Waals surface area contributed by atoms with Crippen LogP contribution in [0, 0.1) is 0 Å². The van der Waals surface area contributed by atoms with Gasteiger partial charge in [0, 0.05) is 30.6 Å². The molecule has 6 aromatic rings. The fourth-order valence-electron chi connectivity index (χ4n) is 7.66. The van der Waals surface area contributed by atoms with Crippen LogP contribution in [-0.2, 0) is 19.5 Å². The molecule has 6 aromatic carbocycles. The topological polar surface area (TPSA) is 36.9 Å². The molecule has 2 heterocycles. The summed E-state index contributed by atoms with van der Waals surface area (Å²) in [6.07, 6.45) is 28.0. The van der Waals surface area contributed by atoms with Gasteiger partial charge in [-0.2, -0.15) is 0 Å². The molecular formula is C54H52BF4O4P2Rh-. The van der Waals surface area contributed by atoms with E-state index in [9.17, 15) is 17.3 Å². The third-order valence-corrected chi connectivity index (χ3v) is 15.5. The van der Waals surface area contributed by atoms with Crippen LogP contribution in [0.4, 0.5) is 17.3 Å². The molecule has 2 aliphatic carbocycles. The molecule has 4 aliphatic rings. The van der Waals surface area contributed by atoms with E-state index in [0.29, 0.717) is 0 Å². The Balaban J connectivity index is 0.000000270. The maximum Gasteiger partial charge on any atom is 0.673 e. The average molecular weight is 1020 g/mol. The number of hydrogen-bond acceptors (Lipinski definition) is 4. The predicted molar refractivity (Wildman–Crippen MR) is 265 cm³/mol. The summed E-state index contributed by atoms with van der Waals surface area (Å²) in [5.74, 6) is 2.99. The predicted octanol–water partition coefficient (Wildman–Crippen LogP) is 13.0. The minimum Gasteiger partial charge on any atom is -0.454 e. The summed E-state index contributed by atoms with van der Waals surface area (Å²) in [6, 6.07) is 51.6. The van der Waals surface area contributed by atoms with Crippen LogP contribution in [0.2, 0.25) is 0 Å². The molecule has 0 spiro atoms. The normalized spacial score (nSPS) is 16.4. The molecule has 0 atom stereocenters. The molecule has 2 aliphatic heterocycles. The summed E-state index contributed by atoms with van der Waals surface area (Å²) in [7, 11) is -7.94. The Morgan fingerprint density at radius 2 is 0.576 bits per heavy atom. The van der Waals surface area contributed by atoms with Crippen LogP contribution in [0.3, 0.4) is 0 Å². The van der Waals surface area contributed by atoms with Gasteiger partial charge >= 0.3 is 7.25 Å². The van der Waals surface area contributed by atoms with Gasteiger partial charge in [-0.05, 0) is 123 Å². The first-order valence-electron chi connectivity index (χ1n) is 22.0. The number of hydrogen-bond donors (Lipinski definition) is 0. The first-order chi connectivity index (χ1) is 31.9. The Kier molecular flexibility index (Phi) is 19.9. The summed E-state index contributed by atoms with van der Waals surface area (Å²) >= 11 is 0. The van der Waals surface area contributed by atoms with Crippen LogP contribution in [0.1, 0.15) is 51.4 Å². The number of rotatable bonds is 7. The zero-order valence-corrected chi connectivity index (χ0v) is 39.9. The molecular weight excluding hydrogens is 964 g/mol. The van der Waals surface area contributed by atoms with Crippen LogP contribution in [-0.4, -0.2) is 20.8 Å². The number of ether oxygens (including phenoxy) is 4. The SMILES string of the molecule is C1=C\CC/C=C\CC/1.C1=C\CC/C=C\CC/1.F[B-](F)(F)F.[Rh].c1ccc(P(c2ccccc2)c2ccc3c(c2-c2c(P(c4ccccc4)c4ccccc4)ccc4c2OCO4)OCO3)cc1. The molecule has 0 bridgehead atoms. The quantitative estimate of drug-likeness (QED) is 0.0691. The Morgan fingerprint density at radius 1 is 0.333 bits per heavy atom. The summed E-state index contributed by atoms with van der Waals surface area (Å²) in [5.41, 5.74) is 2.02. The van der Waals surface area contributed by atoms with Crippen LogP contribution in [0.25, 0.3) is 11.1 Å². The monoisotopic (exact) mass is 1020 g/mol. The van der Waals surface area contributed by atoms with Gasteiger partial charge in [-0.3, -0.25) is 0 Å². The van der Waals surface area contributed by atoms with E-state index >= 15 is 0 Å². The van der Waals surface area contributed by atoms with E-state index in [0.717, 1.165) is 34.1 Å². The molecule has 343 valence electrons. The van der Waals surface area contributed by atoms with E-state index in [4.69, 9.17) is 18.9 Å². The van der Waals surface area contributed by atoms with Gasteiger partial charge in [0.05, 0.1) is 0 Å². The van der Waals surface area contributed by atoms with Crippen molar-refractivity contribution in [3.63, 3.8) is 0 Å². The first kappa shape index (κ1) is 50.2. The van der Waals surface area contributed by atoms with Crippen LogP contribution >= 0.6 is 15.8 Å². The fraction of sp³-hybridized carbons (Fsp3) is 0.185. The van der Waals surface area contributed by atoms with Gasteiger partial charge in [-0.1, -0.05) is 170 Å². The molecule has 1 radical (unpaired) electrons. The van der Waals surface area contributed by atoms with Crippen molar-refractivity contribution in [3.05, 3.63) is 194 Å². The Labute approximate surface area is 401 Å². The van der Waals surface area contributed by atoms with Crippen LogP contribution in [0.5, 0.6) is 23.0 Å². The second kappa shape index (κ2) is 26.2. The zero-order valence-electron chi connectivity index (χ0n) is 36.5. The van der Waals surface area contributed by atoms with Crippen molar-refractivity contribution in [2.24, 2.45) is 0 Å². The van der Waals surface area contributed by atoms with Gasteiger partial charge < -0.3 is 36.2 Å².